The SMILES string of the molecule is COc1cc(-c2oc3c(OC)c(O[C@@H]4O[C@H](CO)[C@@H](O)[C@H](O)[C@@H]4O)cc(O)c3c(=O)c2O)ccc1O. The van der Waals surface area contributed by atoms with Crippen molar-refractivity contribution in [1.82, 2.24) is 0 Å². The average Bonchev–Trinajstić information content (AvgIpc) is 2.86. The van der Waals surface area contributed by atoms with Gasteiger partial charge >= 0.3 is 0 Å². The van der Waals surface area contributed by atoms with Gasteiger partial charge in [-0.3, -0.25) is 4.79 Å². The monoisotopic (exact) mass is 508 g/mol. The van der Waals surface area contributed by atoms with Crippen LogP contribution in [-0.2, 0) is 4.74 Å². The van der Waals surface area contributed by atoms with E-state index in [4.69, 9.17) is 23.4 Å². The second kappa shape index (κ2) is 9.72. The van der Waals surface area contributed by atoms with Crippen molar-refractivity contribution < 1.29 is 59.1 Å². The standard InChI is InChI=1S/C23H24O13/c1-32-11-5-8(3-4-9(11)25)20-18(30)16(28)14-10(26)6-12(21(33-2)22(14)36-20)34-23-19(31)17(29)15(27)13(7-24)35-23/h3-6,13,15,17,19,23-27,29-31H,7H2,1-2H3/t13-,15-,17+,19+,23-/m1/s1. The van der Waals surface area contributed by atoms with E-state index in [1.165, 1.54) is 32.4 Å². The van der Waals surface area contributed by atoms with Crippen LogP contribution >= 0.6 is 0 Å². The van der Waals surface area contributed by atoms with E-state index in [1.807, 2.05) is 0 Å². The molecule has 7 N–H and O–H groups in total. The molecule has 0 aliphatic carbocycles. The number of aromatic hydroxyl groups is 3. The molecule has 1 aliphatic heterocycles. The quantitative estimate of drug-likeness (QED) is 0.230. The fourth-order valence-corrected chi connectivity index (χ4v) is 3.88. The molecule has 5 atom stereocenters. The Bertz CT molecular complexity index is 1330. The molecule has 3 aromatic rings. The normalized spacial score (nSPS) is 24.0. The number of aliphatic hydroxyl groups is 4. The van der Waals surface area contributed by atoms with Gasteiger partial charge in [0, 0.05) is 11.6 Å². The number of ether oxygens (including phenoxy) is 4. The summed E-state index contributed by atoms with van der Waals surface area (Å²) < 4.78 is 27.0. The predicted octanol–water partition coefficient (Wildman–Crippen LogP) is -0.227. The zero-order chi connectivity index (χ0) is 26.3. The van der Waals surface area contributed by atoms with Crippen molar-refractivity contribution in [3.63, 3.8) is 0 Å². The first kappa shape index (κ1) is 25.3. The third kappa shape index (κ3) is 4.12. The molecule has 0 amide bonds. The van der Waals surface area contributed by atoms with Crippen LogP contribution in [0.15, 0.2) is 33.5 Å². The number of phenolic OH excluding ortho intramolecular Hbond substituents is 2. The minimum absolute atomic E-state index is 0.0316. The fraction of sp³-hybridized carbons (Fsp3) is 0.348. The lowest BCUT2D eigenvalue weighted by Gasteiger charge is -2.39. The Balaban J connectivity index is 1.87. The van der Waals surface area contributed by atoms with Gasteiger partial charge in [0.25, 0.3) is 0 Å². The first-order chi connectivity index (χ1) is 17.1. The van der Waals surface area contributed by atoms with E-state index in [2.05, 4.69) is 0 Å². The van der Waals surface area contributed by atoms with Crippen molar-refractivity contribution in [2.24, 2.45) is 0 Å². The molecule has 36 heavy (non-hydrogen) atoms. The zero-order valence-electron chi connectivity index (χ0n) is 19.0. The number of phenols is 2. The van der Waals surface area contributed by atoms with Gasteiger partial charge in [-0.15, -0.1) is 0 Å². The topological polar surface area (TPSA) is 209 Å². The maximum Gasteiger partial charge on any atom is 0.238 e. The second-order valence-corrected chi connectivity index (χ2v) is 7.94. The van der Waals surface area contributed by atoms with Crippen LogP contribution in [0.2, 0.25) is 0 Å². The van der Waals surface area contributed by atoms with Crippen molar-refractivity contribution in [3.8, 4) is 45.8 Å². The summed E-state index contributed by atoms with van der Waals surface area (Å²) in [5.74, 6) is -2.56. The number of aliphatic hydroxyl groups excluding tert-OH is 4. The van der Waals surface area contributed by atoms with Gasteiger partial charge in [0.05, 0.1) is 20.8 Å². The molecular weight excluding hydrogens is 484 g/mol. The Morgan fingerprint density at radius 2 is 1.64 bits per heavy atom. The van der Waals surface area contributed by atoms with E-state index < -0.39 is 59.6 Å². The van der Waals surface area contributed by atoms with Crippen LogP contribution in [0.5, 0.6) is 34.5 Å². The van der Waals surface area contributed by atoms with Crippen LogP contribution in [0.4, 0.5) is 0 Å². The van der Waals surface area contributed by atoms with Gasteiger partial charge in [-0.2, -0.15) is 0 Å². The van der Waals surface area contributed by atoms with Gasteiger partial charge in [-0.05, 0) is 18.2 Å². The highest BCUT2D eigenvalue weighted by Crippen LogP contribution is 2.44. The van der Waals surface area contributed by atoms with Crippen LogP contribution in [0.1, 0.15) is 0 Å². The summed E-state index contributed by atoms with van der Waals surface area (Å²) in [5.41, 5.74) is -1.21. The number of rotatable bonds is 6. The van der Waals surface area contributed by atoms with Crippen LogP contribution in [-0.4, -0.2) is 87.3 Å². The maximum atomic E-state index is 12.9. The molecular formula is C23H24O13. The first-order valence-corrected chi connectivity index (χ1v) is 10.6. The Kier molecular flexibility index (Phi) is 6.84. The molecule has 2 aromatic carbocycles. The minimum Gasteiger partial charge on any atom is -0.507 e. The number of hydrogen-bond donors (Lipinski definition) is 7. The van der Waals surface area contributed by atoms with Gasteiger partial charge in [0.15, 0.2) is 28.6 Å². The Morgan fingerprint density at radius 3 is 2.28 bits per heavy atom. The lowest BCUT2D eigenvalue weighted by molar-refractivity contribution is -0.277. The molecule has 194 valence electrons. The van der Waals surface area contributed by atoms with E-state index in [0.717, 1.165) is 6.07 Å². The first-order valence-electron chi connectivity index (χ1n) is 10.6. The second-order valence-electron chi connectivity index (χ2n) is 7.94. The smallest absolute Gasteiger partial charge is 0.238 e. The summed E-state index contributed by atoms with van der Waals surface area (Å²) >= 11 is 0. The van der Waals surface area contributed by atoms with Gasteiger partial charge < -0.3 is 59.1 Å². The van der Waals surface area contributed by atoms with Gasteiger partial charge in [-0.25, -0.2) is 0 Å². The molecule has 0 unspecified atom stereocenters. The Morgan fingerprint density at radius 1 is 0.917 bits per heavy atom. The summed E-state index contributed by atoms with van der Waals surface area (Å²) in [7, 11) is 2.50. The molecule has 13 heteroatoms. The maximum absolute atomic E-state index is 12.9. The average molecular weight is 508 g/mol. The van der Waals surface area contributed by atoms with Gasteiger partial charge in [0.1, 0.15) is 35.6 Å². The number of hydrogen-bond acceptors (Lipinski definition) is 13. The molecule has 0 spiro atoms. The molecule has 1 aromatic heterocycles. The van der Waals surface area contributed by atoms with Crippen molar-refractivity contribution in [1.29, 1.82) is 0 Å². The van der Waals surface area contributed by atoms with Crippen molar-refractivity contribution in [2.75, 3.05) is 20.8 Å². The highest BCUT2D eigenvalue weighted by molar-refractivity contribution is 5.93. The van der Waals surface area contributed by atoms with Crippen LogP contribution < -0.4 is 19.6 Å². The molecule has 1 fully saturated rings. The fourth-order valence-electron chi connectivity index (χ4n) is 3.88. The number of methoxy groups -OCH3 is 2. The molecule has 0 bridgehead atoms. The van der Waals surface area contributed by atoms with E-state index in [0.29, 0.717) is 0 Å². The summed E-state index contributed by atoms with van der Waals surface area (Å²) in [4.78, 5) is 12.9. The van der Waals surface area contributed by atoms with E-state index in [1.54, 1.807) is 0 Å². The lowest BCUT2D eigenvalue weighted by Crippen LogP contribution is -2.60. The van der Waals surface area contributed by atoms with Crippen molar-refractivity contribution in [2.45, 2.75) is 30.7 Å². The predicted molar refractivity (Wildman–Crippen MR) is 120 cm³/mol. The van der Waals surface area contributed by atoms with E-state index >= 15 is 0 Å². The summed E-state index contributed by atoms with van der Waals surface area (Å²) in [6.07, 6.45) is -8.01. The van der Waals surface area contributed by atoms with Crippen LogP contribution in [0.3, 0.4) is 0 Å². The lowest BCUT2D eigenvalue weighted by atomic mass is 9.99. The zero-order valence-corrected chi connectivity index (χ0v) is 19.0. The molecule has 2 heterocycles. The third-order valence-electron chi connectivity index (χ3n) is 5.78. The summed E-state index contributed by atoms with van der Waals surface area (Å²) in [6, 6.07) is 4.86. The molecule has 1 saturated heterocycles. The van der Waals surface area contributed by atoms with Gasteiger partial charge in [-0.1, -0.05) is 0 Å². The molecule has 13 nitrogen and oxygen atoms in total. The molecule has 0 radical (unpaired) electrons. The third-order valence-corrected chi connectivity index (χ3v) is 5.78. The molecule has 0 saturated carbocycles. The number of fused-ring (bicyclic) bond motifs is 1. The Labute approximate surface area is 202 Å². The molecule has 4 rings (SSSR count). The Hall–Kier alpha value is -3.75. The minimum atomic E-state index is -1.77. The van der Waals surface area contributed by atoms with Crippen molar-refractivity contribution >= 4 is 11.0 Å². The van der Waals surface area contributed by atoms with Crippen LogP contribution in [0, 0.1) is 0 Å². The number of benzene rings is 2. The summed E-state index contributed by atoms with van der Waals surface area (Å²) in [6.45, 7) is -0.696. The van der Waals surface area contributed by atoms with E-state index in [9.17, 15) is 40.5 Å². The largest absolute Gasteiger partial charge is 0.507 e. The molecule has 1 aliphatic rings. The van der Waals surface area contributed by atoms with Crippen molar-refractivity contribution in [3.05, 3.63) is 34.5 Å². The van der Waals surface area contributed by atoms with Crippen LogP contribution in [0.25, 0.3) is 22.3 Å². The highest BCUT2D eigenvalue weighted by atomic mass is 16.7. The van der Waals surface area contributed by atoms with Gasteiger partial charge in [0.2, 0.25) is 23.2 Å². The summed E-state index contributed by atoms with van der Waals surface area (Å²) in [5, 5.41) is 70.1. The highest BCUT2D eigenvalue weighted by Gasteiger charge is 2.45. The van der Waals surface area contributed by atoms with E-state index in [-0.39, 0.29) is 39.9 Å².